The molecule has 0 radical (unpaired) electrons. The van der Waals surface area contributed by atoms with Gasteiger partial charge in [-0.25, -0.2) is 0 Å². The van der Waals surface area contributed by atoms with Crippen molar-refractivity contribution in [2.75, 3.05) is 6.54 Å². The van der Waals surface area contributed by atoms with Gasteiger partial charge in [-0.05, 0) is 24.0 Å². The highest BCUT2D eigenvalue weighted by Crippen LogP contribution is 2.32. The first-order valence-electron chi connectivity index (χ1n) is 8.66. The zero-order chi connectivity index (χ0) is 18.3. The van der Waals surface area contributed by atoms with Crippen LogP contribution in [0.1, 0.15) is 43.7 Å². The molecule has 0 fully saturated rings. The van der Waals surface area contributed by atoms with Gasteiger partial charge in [0.25, 0.3) is 0 Å². The molecule has 0 saturated carbocycles. The molecule has 0 spiro atoms. The van der Waals surface area contributed by atoms with E-state index in [-0.39, 0.29) is 12.5 Å². The second kappa shape index (κ2) is 8.47. The maximum Gasteiger partial charge on any atom is 0.312 e. The van der Waals surface area contributed by atoms with Gasteiger partial charge >= 0.3 is 5.97 Å². The second-order valence-electron chi connectivity index (χ2n) is 6.17. The average Bonchev–Trinajstić information content (AvgIpc) is 2.65. The Morgan fingerprint density at radius 2 is 1.48 bits per heavy atom. The van der Waals surface area contributed by atoms with Crippen LogP contribution in [0.2, 0.25) is 0 Å². The van der Waals surface area contributed by atoms with Crippen LogP contribution in [0, 0.1) is 0 Å². The summed E-state index contributed by atoms with van der Waals surface area (Å²) in [7, 11) is 0. The summed E-state index contributed by atoms with van der Waals surface area (Å²) in [6.07, 6.45) is 1.31. The fraction of sp³-hybridized carbons (Fsp3) is 0.333. The minimum Gasteiger partial charge on any atom is -0.481 e. The molecule has 4 heteroatoms. The first-order chi connectivity index (χ1) is 12.0. The van der Waals surface area contributed by atoms with Gasteiger partial charge in [-0.2, -0.15) is 0 Å². The van der Waals surface area contributed by atoms with Crippen molar-refractivity contribution in [2.45, 2.75) is 38.0 Å². The van der Waals surface area contributed by atoms with Gasteiger partial charge in [-0.1, -0.05) is 74.5 Å². The molecule has 2 aromatic rings. The predicted molar refractivity (Wildman–Crippen MR) is 98.5 cm³/mol. The zero-order valence-corrected chi connectivity index (χ0v) is 14.7. The molecule has 1 atom stereocenters. The van der Waals surface area contributed by atoms with E-state index in [1.54, 1.807) is 24.3 Å². The number of carbonyl (C=O) groups excluding carboxylic acids is 1. The van der Waals surface area contributed by atoms with E-state index >= 15 is 0 Å². The van der Waals surface area contributed by atoms with Crippen LogP contribution in [0.5, 0.6) is 0 Å². The highest BCUT2D eigenvalue weighted by molar-refractivity contribution is 5.89. The third kappa shape index (κ3) is 4.08. The number of amides is 1. The summed E-state index contributed by atoms with van der Waals surface area (Å²) >= 11 is 0. The molecule has 25 heavy (non-hydrogen) atoms. The maximum absolute atomic E-state index is 13.0. The lowest BCUT2D eigenvalue weighted by Gasteiger charge is -2.31. The van der Waals surface area contributed by atoms with E-state index in [0.29, 0.717) is 18.4 Å². The fourth-order valence-electron chi connectivity index (χ4n) is 3.26. The smallest absolute Gasteiger partial charge is 0.312 e. The first kappa shape index (κ1) is 18.7. The molecule has 0 aliphatic rings. The highest BCUT2D eigenvalue weighted by Gasteiger charge is 2.37. The van der Waals surface area contributed by atoms with E-state index in [1.807, 2.05) is 50.2 Å². The van der Waals surface area contributed by atoms with Gasteiger partial charge in [0.15, 0.2) is 0 Å². The van der Waals surface area contributed by atoms with Crippen molar-refractivity contribution >= 4 is 11.9 Å². The molecule has 0 aliphatic carbocycles. The Kier molecular flexibility index (Phi) is 6.34. The fourth-order valence-corrected chi connectivity index (χ4v) is 3.26. The van der Waals surface area contributed by atoms with E-state index < -0.39 is 17.3 Å². The third-order valence-electron chi connectivity index (χ3n) is 4.93. The van der Waals surface area contributed by atoms with Gasteiger partial charge in [-0.3, -0.25) is 9.59 Å². The number of carboxylic acids is 1. The number of hydrogen-bond donors (Lipinski definition) is 2. The van der Waals surface area contributed by atoms with Gasteiger partial charge in [0, 0.05) is 6.54 Å². The summed E-state index contributed by atoms with van der Waals surface area (Å²) in [5.41, 5.74) is 1.01. The molecule has 2 rings (SSSR count). The number of aliphatic carboxylic acids is 1. The summed E-state index contributed by atoms with van der Waals surface area (Å²) in [6, 6.07) is 18.7. The highest BCUT2D eigenvalue weighted by atomic mass is 16.4. The lowest BCUT2D eigenvalue weighted by Crippen LogP contribution is -2.45. The van der Waals surface area contributed by atoms with Crippen LogP contribution >= 0.6 is 0 Å². The quantitative estimate of drug-likeness (QED) is 0.770. The SMILES string of the molecule is CCC(CC)(C(=O)NCC(C(=O)O)c1ccccc1)c1ccccc1. The third-order valence-corrected chi connectivity index (χ3v) is 4.93. The van der Waals surface area contributed by atoms with Crippen molar-refractivity contribution in [3.63, 3.8) is 0 Å². The minimum absolute atomic E-state index is 0.0762. The molecule has 4 nitrogen and oxygen atoms in total. The van der Waals surface area contributed by atoms with E-state index in [4.69, 9.17) is 0 Å². The Bertz CT molecular complexity index is 694. The normalized spacial score (nSPS) is 12.4. The van der Waals surface area contributed by atoms with E-state index in [0.717, 1.165) is 5.56 Å². The second-order valence-corrected chi connectivity index (χ2v) is 6.17. The summed E-state index contributed by atoms with van der Waals surface area (Å²) < 4.78 is 0. The number of hydrogen-bond acceptors (Lipinski definition) is 2. The first-order valence-corrected chi connectivity index (χ1v) is 8.66. The number of rotatable bonds is 8. The molecule has 1 amide bonds. The van der Waals surface area contributed by atoms with Gasteiger partial charge < -0.3 is 10.4 Å². The van der Waals surface area contributed by atoms with Crippen LogP contribution in [0.15, 0.2) is 60.7 Å². The van der Waals surface area contributed by atoms with Gasteiger partial charge in [-0.15, -0.1) is 0 Å². The molecule has 0 bridgehead atoms. The number of benzene rings is 2. The van der Waals surface area contributed by atoms with Crippen LogP contribution in [-0.2, 0) is 15.0 Å². The Hall–Kier alpha value is -2.62. The lowest BCUT2D eigenvalue weighted by atomic mass is 9.75. The van der Waals surface area contributed by atoms with Crippen LogP contribution in [0.3, 0.4) is 0 Å². The topological polar surface area (TPSA) is 66.4 Å². The summed E-state index contributed by atoms with van der Waals surface area (Å²) in [6.45, 7) is 4.05. The van der Waals surface area contributed by atoms with Crippen molar-refractivity contribution < 1.29 is 14.7 Å². The molecular formula is C21H25NO3. The Labute approximate surface area is 148 Å². The van der Waals surface area contributed by atoms with E-state index in [1.165, 1.54) is 0 Å². The number of nitrogens with one attached hydrogen (secondary N) is 1. The molecule has 0 aliphatic heterocycles. The molecule has 0 saturated heterocycles. The van der Waals surface area contributed by atoms with E-state index in [2.05, 4.69) is 5.32 Å². The Balaban J connectivity index is 2.20. The number of carboxylic acid groups (broad SMARTS) is 1. The average molecular weight is 339 g/mol. The maximum atomic E-state index is 13.0. The molecule has 2 N–H and O–H groups in total. The lowest BCUT2D eigenvalue weighted by molar-refractivity contribution is -0.138. The molecule has 2 aromatic carbocycles. The van der Waals surface area contributed by atoms with Crippen molar-refractivity contribution in [3.05, 3.63) is 71.8 Å². The van der Waals surface area contributed by atoms with Crippen molar-refractivity contribution in [1.29, 1.82) is 0 Å². The van der Waals surface area contributed by atoms with Gasteiger partial charge in [0.05, 0.1) is 11.3 Å². The Morgan fingerprint density at radius 3 is 1.96 bits per heavy atom. The van der Waals surface area contributed by atoms with Crippen LogP contribution < -0.4 is 5.32 Å². The standard InChI is InChI=1S/C21H25NO3/c1-3-21(4-2,17-13-9-6-10-14-17)20(25)22-15-18(19(23)24)16-11-7-5-8-12-16/h5-14,18H,3-4,15H2,1-2H3,(H,22,25)(H,23,24). The molecule has 132 valence electrons. The number of carbonyl (C=O) groups is 2. The molecule has 0 aromatic heterocycles. The monoisotopic (exact) mass is 339 g/mol. The summed E-state index contributed by atoms with van der Waals surface area (Å²) in [4.78, 5) is 24.6. The molecule has 0 heterocycles. The van der Waals surface area contributed by atoms with Crippen molar-refractivity contribution in [1.82, 2.24) is 5.32 Å². The van der Waals surface area contributed by atoms with Crippen LogP contribution in [0.4, 0.5) is 0 Å². The van der Waals surface area contributed by atoms with Crippen molar-refractivity contribution in [2.24, 2.45) is 0 Å². The van der Waals surface area contributed by atoms with Crippen LogP contribution in [-0.4, -0.2) is 23.5 Å². The largest absolute Gasteiger partial charge is 0.481 e. The minimum atomic E-state index is -0.940. The molecule has 1 unspecified atom stereocenters. The van der Waals surface area contributed by atoms with Crippen LogP contribution in [0.25, 0.3) is 0 Å². The summed E-state index contributed by atoms with van der Waals surface area (Å²) in [5, 5.41) is 12.4. The zero-order valence-electron chi connectivity index (χ0n) is 14.7. The van der Waals surface area contributed by atoms with Crippen molar-refractivity contribution in [3.8, 4) is 0 Å². The van der Waals surface area contributed by atoms with E-state index in [9.17, 15) is 14.7 Å². The Morgan fingerprint density at radius 1 is 0.960 bits per heavy atom. The van der Waals surface area contributed by atoms with Gasteiger partial charge in [0.2, 0.25) is 5.91 Å². The predicted octanol–water partition coefficient (Wildman–Crippen LogP) is 3.73. The molecular weight excluding hydrogens is 314 g/mol. The summed E-state index contributed by atoms with van der Waals surface area (Å²) in [5.74, 6) is -1.82. The van der Waals surface area contributed by atoms with Gasteiger partial charge in [0.1, 0.15) is 0 Å².